The molecule has 0 unspecified atom stereocenters. The van der Waals surface area contributed by atoms with Gasteiger partial charge in [-0.15, -0.1) is 0 Å². The van der Waals surface area contributed by atoms with Crippen molar-refractivity contribution < 1.29 is 13.6 Å². The topological polar surface area (TPSA) is 75.4 Å². The molecule has 1 N–H and O–H groups in total. The van der Waals surface area contributed by atoms with E-state index >= 15 is 0 Å². The van der Waals surface area contributed by atoms with Crippen LogP contribution < -0.4 is 0 Å². The van der Waals surface area contributed by atoms with Gasteiger partial charge >= 0.3 is 0 Å². The standard InChI is InChI=1S/C21H19N3O3S3/c1-23(25)21(28)29-14-6-9-17-15-20(16-7-4-3-5-8-16)24(22-17)18-10-12-19(13-11-18)30(2,26)27/h3-5,7-8,10-13,15,25H,14H2,1-2H3. The number of rotatable bonds is 4. The first-order valence-electron chi connectivity index (χ1n) is 8.80. The van der Waals surface area contributed by atoms with Gasteiger partial charge in [0.05, 0.1) is 22.0 Å². The molecule has 3 aromatic rings. The first-order chi connectivity index (χ1) is 14.3. The highest BCUT2D eigenvalue weighted by Crippen LogP contribution is 2.24. The minimum Gasteiger partial charge on any atom is -0.287 e. The van der Waals surface area contributed by atoms with Crippen molar-refractivity contribution in [3.8, 4) is 28.8 Å². The summed E-state index contributed by atoms with van der Waals surface area (Å²) >= 11 is 6.26. The third-order valence-electron chi connectivity index (χ3n) is 4.04. The number of hydrogen-bond acceptors (Lipinski definition) is 6. The molecule has 0 saturated heterocycles. The Bertz CT molecular complexity index is 1210. The minimum absolute atomic E-state index is 0.251. The SMILES string of the molecule is CN(O)C(=S)SCC#Cc1cc(-c2ccccc2)n(-c2ccc(S(C)(=O)=O)cc2)n1. The number of sulfone groups is 1. The van der Waals surface area contributed by atoms with Gasteiger partial charge in [0.15, 0.2) is 14.2 Å². The molecule has 9 heteroatoms. The monoisotopic (exact) mass is 457 g/mol. The van der Waals surface area contributed by atoms with Crippen LogP contribution in [0.2, 0.25) is 0 Å². The van der Waals surface area contributed by atoms with Gasteiger partial charge in [-0.25, -0.2) is 18.2 Å². The highest BCUT2D eigenvalue weighted by atomic mass is 32.2. The average molecular weight is 458 g/mol. The van der Waals surface area contributed by atoms with Gasteiger partial charge in [0, 0.05) is 24.9 Å². The van der Waals surface area contributed by atoms with Crippen LogP contribution in [-0.4, -0.2) is 51.8 Å². The summed E-state index contributed by atoms with van der Waals surface area (Å²) in [6, 6.07) is 18.2. The van der Waals surface area contributed by atoms with Gasteiger partial charge in [-0.2, -0.15) is 5.10 Å². The maximum Gasteiger partial charge on any atom is 0.175 e. The second-order valence-electron chi connectivity index (χ2n) is 6.34. The first kappa shape index (κ1) is 22.1. The van der Waals surface area contributed by atoms with Crippen molar-refractivity contribution in [2.24, 2.45) is 0 Å². The second kappa shape index (κ2) is 9.45. The van der Waals surface area contributed by atoms with Crippen LogP contribution in [0, 0.1) is 11.8 Å². The van der Waals surface area contributed by atoms with Gasteiger partial charge < -0.3 is 0 Å². The Hall–Kier alpha value is -2.64. The van der Waals surface area contributed by atoms with E-state index in [1.54, 1.807) is 28.9 Å². The van der Waals surface area contributed by atoms with E-state index in [9.17, 15) is 13.6 Å². The number of hydroxylamine groups is 2. The number of aromatic nitrogens is 2. The largest absolute Gasteiger partial charge is 0.287 e. The van der Waals surface area contributed by atoms with Crippen LogP contribution in [-0.2, 0) is 9.84 Å². The Morgan fingerprint density at radius 3 is 2.47 bits per heavy atom. The fraction of sp³-hybridized carbons (Fsp3) is 0.143. The summed E-state index contributed by atoms with van der Waals surface area (Å²) in [4.78, 5) is 0.251. The third kappa shape index (κ3) is 5.49. The molecule has 1 heterocycles. The zero-order chi connectivity index (χ0) is 21.7. The van der Waals surface area contributed by atoms with Crippen molar-refractivity contribution in [1.29, 1.82) is 0 Å². The van der Waals surface area contributed by atoms with E-state index in [1.165, 1.54) is 25.1 Å². The van der Waals surface area contributed by atoms with E-state index in [0.29, 0.717) is 15.8 Å². The van der Waals surface area contributed by atoms with Crippen molar-refractivity contribution in [2.75, 3.05) is 19.1 Å². The normalized spacial score (nSPS) is 10.9. The predicted octanol–water partition coefficient (Wildman–Crippen LogP) is 3.63. The smallest absolute Gasteiger partial charge is 0.175 e. The number of nitrogens with zero attached hydrogens (tertiary/aromatic N) is 3. The van der Waals surface area contributed by atoms with Gasteiger partial charge in [0.2, 0.25) is 0 Å². The third-order valence-corrected chi connectivity index (χ3v) is 6.58. The molecule has 2 aromatic carbocycles. The van der Waals surface area contributed by atoms with Crippen molar-refractivity contribution in [1.82, 2.24) is 14.8 Å². The zero-order valence-corrected chi connectivity index (χ0v) is 18.8. The number of benzene rings is 2. The molecule has 0 aliphatic rings. The lowest BCUT2D eigenvalue weighted by molar-refractivity contribution is 0.0205. The van der Waals surface area contributed by atoms with Crippen molar-refractivity contribution in [3.63, 3.8) is 0 Å². The molecule has 0 amide bonds. The zero-order valence-electron chi connectivity index (χ0n) is 16.3. The second-order valence-corrected chi connectivity index (χ2v) is 9.96. The molecule has 6 nitrogen and oxygen atoms in total. The van der Waals surface area contributed by atoms with Gasteiger partial charge in [-0.1, -0.05) is 60.2 Å². The van der Waals surface area contributed by atoms with E-state index in [4.69, 9.17) is 12.2 Å². The van der Waals surface area contributed by atoms with Crippen LogP contribution in [0.3, 0.4) is 0 Å². The van der Waals surface area contributed by atoms with Crippen LogP contribution in [0.5, 0.6) is 0 Å². The maximum atomic E-state index is 11.7. The summed E-state index contributed by atoms with van der Waals surface area (Å²) in [5, 5.41) is 14.7. The maximum absolute atomic E-state index is 11.7. The summed E-state index contributed by atoms with van der Waals surface area (Å²) in [6.45, 7) is 0. The lowest BCUT2D eigenvalue weighted by atomic mass is 10.1. The molecule has 0 radical (unpaired) electrons. The number of thiocarbonyl (C=S) groups is 1. The Kier molecular flexibility index (Phi) is 6.95. The molecule has 30 heavy (non-hydrogen) atoms. The van der Waals surface area contributed by atoms with Crippen molar-refractivity contribution >= 4 is 38.1 Å². The van der Waals surface area contributed by atoms with E-state index < -0.39 is 9.84 Å². The molecule has 0 saturated carbocycles. The molecule has 0 atom stereocenters. The quantitative estimate of drug-likeness (QED) is 0.364. The van der Waals surface area contributed by atoms with Crippen LogP contribution in [0.25, 0.3) is 16.9 Å². The highest BCUT2D eigenvalue weighted by Gasteiger charge is 2.12. The molecule has 154 valence electrons. The van der Waals surface area contributed by atoms with Crippen LogP contribution in [0.4, 0.5) is 0 Å². The number of hydrogen-bond donors (Lipinski definition) is 1. The Morgan fingerprint density at radius 1 is 1.20 bits per heavy atom. The Morgan fingerprint density at radius 2 is 1.87 bits per heavy atom. The van der Waals surface area contributed by atoms with Crippen molar-refractivity contribution in [3.05, 3.63) is 66.4 Å². The van der Waals surface area contributed by atoms with Gasteiger partial charge in [-0.3, -0.25) is 5.21 Å². The molecular weight excluding hydrogens is 438 g/mol. The number of thioether (sulfide) groups is 1. The molecule has 0 aliphatic carbocycles. The van der Waals surface area contributed by atoms with E-state index in [-0.39, 0.29) is 4.90 Å². The summed E-state index contributed by atoms with van der Waals surface area (Å²) < 4.78 is 25.6. The minimum atomic E-state index is -3.27. The average Bonchev–Trinajstić information content (AvgIpc) is 3.15. The van der Waals surface area contributed by atoms with Crippen LogP contribution in [0.1, 0.15) is 5.69 Å². The Labute approximate surface area is 185 Å². The van der Waals surface area contributed by atoms with Crippen molar-refractivity contribution in [2.45, 2.75) is 4.90 Å². The molecular formula is C21H19N3O3S3. The summed E-state index contributed by atoms with van der Waals surface area (Å²) in [7, 11) is -1.81. The lowest BCUT2D eigenvalue weighted by Crippen LogP contribution is -2.17. The molecule has 0 aliphatic heterocycles. The summed E-state index contributed by atoms with van der Waals surface area (Å²) in [5.41, 5.74) is 3.10. The fourth-order valence-corrected chi connectivity index (χ4v) is 3.87. The fourth-order valence-electron chi connectivity index (χ4n) is 2.61. The Balaban J connectivity index is 1.95. The van der Waals surface area contributed by atoms with Gasteiger partial charge in [-0.05, 0) is 30.2 Å². The van der Waals surface area contributed by atoms with Gasteiger partial charge in [0.1, 0.15) is 5.69 Å². The van der Waals surface area contributed by atoms with Crippen LogP contribution in [0.15, 0.2) is 65.6 Å². The van der Waals surface area contributed by atoms with Gasteiger partial charge in [0.25, 0.3) is 0 Å². The molecule has 0 spiro atoms. The highest BCUT2D eigenvalue weighted by molar-refractivity contribution is 8.23. The molecule has 3 rings (SSSR count). The van der Waals surface area contributed by atoms with E-state index in [1.807, 2.05) is 36.4 Å². The lowest BCUT2D eigenvalue weighted by Gasteiger charge is -2.08. The molecule has 0 fully saturated rings. The van der Waals surface area contributed by atoms with E-state index in [2.05, 4.69) is 16.9 Å². The van der Waals surface area contributed by atoms with Crippen LogP contribution >= 0.6 is 24.0 Å². The first-order valence-corrected chi connectivity index (χ1v) is 12.1. The summed E-state index contributed by atoms with van der Waals surface area (Å²) in [5.74, 6) is 6.43. The predicted molar refractivity (Wildman–Crippen MR) is 124 cm³/mol. The molecule has 0 bridgehead atoms. The molecule has 1 aromatic heterocycles. The van der Waals surface area contributed by atoms with E-state index in [0.717, 1.165) is 22.0 Å². The summed E-state index contributed by atoms with van der Waals surface area (Å²) in [6.07, 6.45) is 1.18.